The average molecular weight is 223 g/mol. The Kier molecular flexibility index (Phi) is 3.29. The van der Waals surface area contributed by atoms with E-state index in [1.807, 2.05) is 13.1 Å². The molecule has 3 nitrogen and oxygen atoms in total. The van der Waals surface area contributed by atoms with Gasteiger partial charge in [-0.25, -0.2) is 4.79 Å². The van der Waals surface area contributed by atoms with E-state index in [0.29, 0.717) is 0 Å². The van der Waals surface area contributed by atoms with Crippen molar-refractivity contribution in [2.24, 2.45) is 0 Å². The molecule has 3 heteroatoms. The van der Waals surface area contributed by atoms with Crippen LogP contribution in [-0.2, 0) is 9.53 Å². The van der Waals surface area contributed by atoms with Crippen molar-refractivity contribution in [2.45, 2.75) is 44.9 Å². The maximum atomic E-state index is 11.2. The van der Waals surface area contributed by atoms with Crippen LogP contribution in [0.3, 0.4) is 0 Å². The van der Waals surface area contributed by atoms with Gasteiger partial charge >= 0.3 is 5.97 Å². The van der Waals surface area contributed by atoms with Crippen LogP contribution in [0.2, 0.25) is 0 Å². The first-order valence-corrected chi connectivity index (χ1v) is 5.48. The third-order valence-corrected chi connectivity index (χ3v) is 3.51. The highest BCUT2D eigenvalue weighted by Gasteiger charge is 2.43. The van der Waals surface area contributed by atoms with Crippen LogP contribution >= 0.6 is 0 Å². The van der Waals surface area contributed by atoms with Gasteiger partial charge in [0.1, 0.15) is 6.10 Å². The zero-order chi connectivity index (χ0) is 12.6. The molecule has 1 atom stereocenters. The van der Waals surface area contributed by atoms with E-state index < -0.39 is 0 Å². The van der Waals surface area contributed by atoms with E-state index in [9.17, 15) is 4.79 Å². The smallest absolute Gasteiger partial charge is 0.330 e. The van der Waals surface area contributed by atoms with Crippen molar-refractivity contribution in [1.29, 1.82) is 0 Å². The van der Waals surface area contributed by atoms with Crippen LogP contribution in [0.5, 0.6) is 0 Å². The van der Waals surface area contributed by atoms with Crippen molar-refractivity contribution < 1.29 is 9.53 Å². The van der Waals surface area contributed by atoms with Gasteiger partial charge in [0.2, 0.25) is 0 Å². The summed E-state index contributed by atoms with van der Waals surface area (Å²) < 4.78 is 5.33. The molecule has 1 heterocycles. The second-order valence-corrected chi connectivity index (χ2v) is 5.29. The molecule has 1 rings (SSSR count). The molecule has 0 spiro atoms. The number of ether oxygens (including phenoxy) is 1. The Hall–Kier alpha value is -1.09. The molecular formula is C13H21NO2. The summed E-state index contributed by atoms with van der Waals surface area (Å²) in [6.45, 7) is 11.8. The summed E-state index contributed by atoms with van der Waals surface area (Å²) in [6.07, 6.45) is 4.99. The van der Waals surface area contributed by atoms with E-state index in [1.54, 1.807) is 0 Å². The standard InChI is InChI=1S/C13H21NO2/c1-7-11(15)16-10-8-9-12(2,3)14(6)13(10,4)5/h7-10H,1H2,2-6H3. The molecule has 1 aliphatic heterocycles. The van der Waals surface area contributed by atoms with E-state index in [4.69, 9.17) is 4.74 Å². The van der Waals surface area contributed by atoms with Crippen molar-refractivity contribution in [3.8, 4) is 0 Å². The maximum absolute atomic E-state index is 11.2. The molecule has 0 aromatic rings. The fraction of sp³-hybridized carbons (Fsp3) is 0.615. The van der Waals surface area contributed by atoms with E-state index in [1.165, 1.54) is 6.08 Å². The van der Waals surface area contributed by atoms with Gasteiger partial charge in [-0.2, -0.15) is 0 Å². The largest absolute Gasteiger partial charge is 0.453 e. The van der Waals surface area contributed by atoms with Gasteiger partial charge in [0.15, 0.2) is 0 Å². The number of carbonyl (C=O) groups excluding carboxylic acids is 1. The molecule has 0 saturated heterocycles. The molecule has 0 aromatic carbocycles. The molecule has 0 saturated carbocycles. The highest BCUT2D eigenvalue weighted by atomic mass is 16.5. The Morgan fingerprint density at radius 1 is 1.44 bits per heavy atom. The van der Waals surface area contributed by atoms with Crippen LogP contribution in [0.15, 0.2) is 24.8 Å². The van der Waals surface area contributed by atoms with Crippen molar-refractivity contribution in [3.05, 3.63) is 24.8 Å². The SMILES string of the molecule is C=CC(=O)OC1C=CC(C)(C)N(C)C1(C)C. The number of rotatable bonds is 2. The molecular weight excluding hydrogens is 202 g/mol. The molecule has 16 heavy (non-hydrogen) atoms. The maximum Gasteiger partial charge on any atom is 0.330 e. The Balaban J connectivity index is 2.96. The molecule has 0 aromatic heterocycles. The van der Waals surface area contributed by atoms with Crippen molar-refractivity contribution in [3.63, 3.8) is 0 Å². The first-order chi connectivity index (χ1) is 7.21. The molecule has 1 unspecified atom stereocenters. The van der Waals surface area contributed by atoms with Crippen LogP contribution in [0, 0.1) is 0 Å². The van der Waals surface area contributed by atoms with Gasteiger partial charge in [-0.1, -0.05) is 12.7 Å². The van der Waals surface area contributed by atoms with Crippen molar-refractivity contribution in [2.75, 3.05) is 7.05 Å². The third-order valence-electron chi connectivity index (χ3n) is 3.51. The predicted molar refractivity (Wildman–Crippen MR) is 65.1 cm³/mol. The van der Waals surface area contributed by atoms with Gasteiger partial charge in [0, 0.05) is 11.6 Å². The molecule has 0 amide bonds. The number of carbonyl (C=O) groups is 1. The molecule has 0 N–H and O–H groups in total. The van der Waals surface area contributed by atoms with Gasteiger partial charge in [-0.3, -0.25) is 4.90 Å². The summed E-state index contributed by atoms with van der Waals surface area (Å²) in [5.74, 6) is -0.379. The molecule has 0 radical (unpaired) electrons. The number of esters is 1. The summed E-state index contributed by atoms with van der Waals surface area (Å²) >= 11 is 0. The van der Waals surface area contributed by atoms with Crippen LogP contribution in [-0.4, -0.2) is 35.1 Å². The highest BCUT2D eigenvalue weighted by Crippen LogP contribution is 2.33. The summed E-state index contributed by atoms with van der Waals surface area (Å²) in [4.78, 5) is 13.5. The first kappa shape index (κ1) is 13.0. The predicted octanol–water partition coefficient (Wildman–Crippen LogP) is 2.14. The monoisotopic (exact) mass is 223 g/mol. The fourth-order valence-electron chi connectivity index (χ4n) is 1.96. The summed E-state index contributed by atoms with van der Waals surface area (Å²) in [7, 11) is 2.04. The van der Waals surface area contributed by atoms with Gasteiger partial charge in [0.05, 0.1) is 5.54 Å². The van der Waals surface area contributed by atoms with Gasteiger partial charge in [-0.05, 0) is 40.8 Å². The summed E-state index contributed by atoms with van der Waals surface area (Å²) in [6, 6.07) is 0. The lowest BCUT2D eigenvalue weighted by Gasteiger charge is -2.50. The minimum atomic E-state index is -0.379. The van der Waals surface area contributed by atoms with Crippen LogP contribution < -0.4 is 0 Å². The summed E-state index contributed by atoms with van der Waals surface area (Å²) in [5.41, 5.74) is -0.252. The second-order valence-electron chi connectivity index (χ2n) is 5.29. The van der Waals surface area contributed by atoms with Gasteiger partial charge < -0.3 is 4.74 Å². The lowest BCUT2D eigenvalue weighted by molar-refractivity contribution is -0.149. The van der Waals surface area contributed by atoms with Crippen LogP contribution in [0.1, 0.15) is 27.7 Å². The highest BCUT2D eigenvalue weighted by molar-refractivity contribution is 5.81. The van der Waals surface area contributed by atoms with Crippen LogP contribution in [0.25, 0.3) is 0 Å². The third kappa shape index (κ3) is 2.19. The molecule has 0 aliphatic carbocycles. The average Bonchev–Trinajstić information content (AvgIpc) is 2.20. The van der Waals surface area contributed by atoms with E-state index >= 15 is 0 Å². The quantitative estimate of drug-likeness (QED) is 0.408. The molecule has 0 fully saturated rings. The Bertz CT molecular complexity index is 329. The lowest BCUT2D eigenvalue weighted by Crippen LogP contribution is -2.61. The Labute approximate surface area is 97.8 Å². The van der Waals surface area contributed by atoms with E-state index in [-0.39, 0.29) is 23.2 Å². The molecule has 0 bridgehead atoms. The van der Waals surface area contributed by atoms with Crippen molar-refractivity contribution >= 4 is 5.97 Å². The Morgan fingerprint density at radius 2 is 2.00 bits per heavy atom. The number of hydrogen-bond donors (Lipinski definition) is 0. The van der Waals surface area contributed by atoms with Gasteiger partial charge in [0.25, 0.3) is 0 Å². The zero-order valence-corrected chi connectivity index (χ0v) is 10.8. The minimum Gasteiger partial charge on any atom is -0.453 e. The van der Waals surface area contributed by atoms with Crippen molar-refractivity contribution in [1.82, 2.24) is 4.90 Å². The lowest BCUT2D eigenvalue weighted by atomic mass is 9.83. The van der Waals surface area contributed by atoms with Crippen LogP contribution in [0.4, 0.5) is 0 Å². The fourth-order valence-corrected chi connectivity index (χ4v) is 1.96. The number of nitrogens with zero attached hydrogens (tertiary/aromatic N) is 1. The normalized spacial score (nSPS) is 27.4. The number of likely N-dealkylation sites (N-methyl/N-ethyl adjacent to an activating group) is 1. The van der Waals surface area contributed by atoms with Gasteiger partial charge in [-0.15, -0.1) is 0 Å². The Morgan fingerprint density at radius 3 is 2.50 bits per heavy atom. The topological polar surface area (TPSA) is 29.5 Å². The number of hydrogen-bond acceptors (Lipinski definition) is 3. The second kappa shape index (κ2) is 4.06. The summed E-state index contributed by atoms with van der Waals surface area (Å²) in [5, 5.41) is 0. The minimum absolute atomic E-state index is 0.0272. The molecule has 1 aliphatic rings. The van der Waals surface area contributed by atoms with E-state index in [2.05, 4.69) is 45.2 Å². The zero-order valence-electron chi connectivity index (χ0n) is 10.8. The molecule has 90 valence electrons. The van der Waals surface area contributed by atoms with E-state index in [0.717, 1.165) is 0 Å². The first-order valence-electron chi connectivity index (χ1n) is 5.48.